The van der Waals surface area contributed by atoms with Gasteiger partial charge in [-0.05, 0) is 31.5 Å². The zero-order valence-electron chi connectivity index (χ0n) is 15.2. The van der Waals surface area contributed by atoms with Crippen LogP contribution in [0.5, 0.6) is 0 Å². The summed E-state index contributed by atoms with van der Waals surface area (Å²) in [6, 6.07) is 17.4. The lowest BCUT2D eigenvalue weighted by Gasteiger charge is -2.04. The third kappa shape index (κ3) is 3.29. The van der Waals surface area contributed by atoms with Crippen LogP contribution in [0.15, 0.2) is 70.8 Å². The van der Waals surface area contributed by atoms with Gasteiger partial charge in [-0.3, -0.25) is 9.48 Å². The van der Waals surface area contributed by atoms with Crippen molar-refractivity contribution in [3.05, 3.63) is 93.8 Å². The van der Waals surface area contributed by atoms with E-state index in [2.05, 4.69) is 27.3 Å². The molecule has 0 unspecified atom stereocenters. The topological polar surface area (TPSA) is 65.1 Å². The maximum absolute atomic E-state index is 12.6. The minimum atomic E-state index is -0.191. The zero-order valence-corrected chi connectivity index (χ0v) is 15.2. The van der Waals surface area contributed by atoms with E-state index in [0.717, 1.165) is 17.0 Å². The number of hydrogen-bond acceptors (Lipinski definition) is 4. The SMILES string of the molecule is Cc1nn(Cc2ccccc2)c(C)c1/C=N\n1cnc2ccccc2c1=O. The highest BCUT2D eigenvalue weighted by Gasteiger charge is 2.10. The first-order chi connectivity index (χ1) is 13.1. The van der Waals surface area contributed by atoms with E-state index in [1.165, 1.54) is 16.6 Å². The molecular weight excluding hydrogens is 338 g/mol. The average Bonchev–Trinajstić information content (AvgIpc) is 2.95. The van der Waals surface area contributed by atoms with Gasteiger partial charge in [-0.25, -0.2) is 4.98 Å². The summed E-state index contributed by atoms with van der Waals surface area (Å²) in [6.07, 6.45) is 3.12. The van der Waals surface area contributed by atoms with E-state index in [4.69, 9.17) is 0 Å². The minimum Gasteiger partial charge on any atom is -0.267 e. The molecule has 0 radical (unpaired) electrons. The molecular formula is C21H19N5O. The molecule has 6 nitrogen and oxygen atoms in total. The van der Waals surface area contributed by atoms with Crippen molar-refractivity contribution in [3.63, 3.8) is 0 Å². The number of rotatable bonds is 4. The van der Waals surface area contributed by atoms with Gasteiger partial charge in [-0.1, -0.05) is 42.5 Å². The Bertz CT molecular complexity index is 1190. The van der Waals surface area contributed by atoms with Gasteiger partial charge < -0.3 is 0 Å². The Morgan fingerprint density at radius 2 is 1.78 bits per heavy atom. The number of benzene rings is 2. The third-order valence-electron chi connectivity index (χ3n) is 4.57. The van der Waals surface area contributed by atoms with Crippen LogP contribution >= 0.6 is 0 Å². The number of para-hydroxylation sites is 1. The monoisotopic (exact) mass is 357 g/mol. The highest BCUT2D eigenvalue weighted by molar-refractivity contribution is 5.82. The molecule has 0 aliphatic heterocycles. The second-order valence-electron chi connectivity index (χ2n) is 6.38. The Labute approximate surface area is 156 Å². The Hall–Kier alpha value is -3.54. The molecule has 2 aromatic carbocycles. The molecule has 0 saturated carbocycles. The first-order valence-electron chi connectivity index (χ1n) is 8.72. The summed E-state index contributed by atoms with van der Waals surface area (Å²) < 4.78 is 3.21. The third-order valence-corrected chi connectivity index (χ3v) is 4.57. The lowest BCUT2D eigenvalue weighted by atomic mass is 10.2. The smallest absolute Gasteiger partial charge is 0.267 e. The molecule has 6 heteroatoms. The lowest BCUT2D eigenvalue weighted by Crippen LogP contribution is -2.17. The summed E-state index contributed by atoms with van der Waals surface area (Å²) in [5.74, 6) is 0. The van der Waals surface area contributed by atoms with Crippen molar-refractivity contribution in [2.45, 2.75) is 20.4 Å². The Balaban J connectivity index is 1.67. The first kappa shape index (κ1) is 16.9. The van der Waals surface area contributed by atoms with E-state index >= 15 is 0 Å². The van der Waals surface area contributed by atoms with Crippen LogP contribution in [0.4, 0.5) is 0 Å². The summed E-state index contributed by atoms with van der Waals surface area (Å²) >= 11 is 0. The molecule has 2 heterocycles. The first-order valence-corrected chi connectivity index (χ1v) is 8.72. The van der Waals surface area contributed by atoms with Crippen molar-refractivity contribution < 1.29 is 0 Å². The quantitative estimate of drug-likeness (QED) is 0.527. The van der Waals surface area contributed by atoms with E-state index in [-0.39, 0.29) is 5.56 Å². The van der Waals surface area contributed by atoms with Crippen LogP contribution in [0.25, 0.3) is 10.9 Å². The van der Waals surface area contributed by atoms with Crippen molar-refractivity contribution in [2.75, 3.05) is 0 Å². The van der Waals surface area contributed by atoms with Crippen LogP contribution in [0, 0.1) is 13.8 Å². The van der Waals surface area contributed by atoms with Crippen LogP contribution in [0.3, 0.4) is 0 Å². The second kappa shape index (κ2) is 6.99. The number of fused-ring (bicyclic) bond motifs is 1. The predicted molar refractivity (Wildman–Crippen MR) is 106 cm³/mol. The molecule has 4 rings (SSSR count). The molecule has 0 amide bonds. The number of hydrogen-bond donors (Lipinski definition) is 0. The maximum atomic E-state index is 12.6. The van der Waals surface area contributed by atoms with Crippen molar-refractivity contribution >= 4 is 17.1 Å². The number of aryl methyl sites for hydroxylation is 1. The van der Waals surface area contributed by atoms with Crippen LogP contribution in [-0.4, -0.2) is 25.7 Å². The largest absolute Gasteiger partial charge is 0.281 e. The van der Waals surface area contributed by atoms with Gasteiger partial charge in [0.1, 0.15) is 6.33 Å². The zero-order chi connectivity index (χ0) is 18.8. The molecule has 0 spiro atoms. The van der Waals surface area contributed by atoms with E-state index in [9.17, 15) is 4.79 Å². The van der Waals surface area contributed by atoms with Gasteiger partial charge in [0, 0.05) is 11.3 Å². The molecule has 134 valence electrons. The van der Waals surface area contributed by atoms with Crippen molar-refractivity contribution in [2.24, 2.45) is 5.10 Å². The highest BCUT2D eigenvalue weighted by atomic mass is 16.1. The van der Waals surface area contributed by atoms with Gasteiger partial charge in [0.25, 0.3) is 5.56 Å². The highest BCUT2D eigenvalue weighted by Crippen LogP contribution is 2.13. The van der Waals surface area contributed by atoms with E-state index in [1.807, 2.05) is 54.9 Å². The second-order valence-corrected chi connectivity index (χ2v) is 6.38. The molecule has 0 aliphatic carbocycles. The molecule has 0 atom stereocenters. The van der Waals surface area contributed by atoms with Gasteiger partial charge in [0.05, 0.1) is 29.4 Å². The van der Waals surface area contributed by atoms with Gasteiger partial charge in [0.2, 0.25) is 0 Å². The molecule has 2 aromatic heterocycles. The molecule has 0 aliphatic rings. The molecule has 4 aromatic rings. The van der Waals surface area contributed by atoms with E-state index in [0.29, 0.717) is 17.4 Å². The predicted octanol–water partition coefficient (Wildman–Crippen LogP) is 3.14. The summed E-state index contributed by atoms with van der Waals surface area (Å²) in [7, 11) is 0. The fraction of sp³-hybridized carbons (Fsp3) is 0.143. The fourth-order valence-corrected chi connectivity index (χ4v) is 3.07. The van der Waals surface area contributed by atoms with Crippen molar-refractivity contribution in [1.82, 2.24) is 19.4 Å². The molecule has 0 N–H and O–H groups in total. The van der Waals surface area contributed by atoms with Crippen LogP contribution in [0.2, 0.25) is 0 Å². The van der Waals surface area contributed by atoms with Gasteiger partial charge in [0.15, 0.2) is 0 Å². The van der Waals surface area contributed by atoms with Gasteiger partial charge >= 0.3 is 0 Å². The van der Waals surface area contributed by atoms with Gasteiger partial charge in [-0.2, -0.15) is 14.9 Å². The molecule has 0 saturated heterocycles. The van der Waals surface area contributed by atoms with E-state index < -0.39 is 0 Å². The summed E-state index contributed by atoms with van der Waals surface area (Å²) in [4.78, 5) is 16.8. The lowest BCUT2D eigenvalue weighted by molar-refractivity contribution is 0.659. The number of aromatic nitrogens is 4. The van der Waals surface area contributed by atoms with Crippen molar-refractivity contribution in [1.29, 1.82) is 0 Å². The van der Waals surface area contributed by atoms with Crippen LogP contribution in [-0.2, 0) is 6.54 Å². The van der Waals surface area contributed by atoms with Crippen LogP contribution < -0.4 is 5.56 Å². The fourth-order valence-electron chi connectivity index (χ4n) is 3.07. The summed E-state index contributed by atoms with van der Waals surface area (Å²) in [5, 5.41) is 9.49. The summed E-state index contributed by atoms with van der Waals surface area (Å²) in [5.41, 5.74) is 4.43. The van der Waals surface area contributed by atoms with E-state index in [1.54, 1.807) is 12.3 Å². The number of nitrogens with zero attached hydrogens (tertiary/aromatic N) is 5. The normalized spacial score (nSPS) is 11.5. The Kier molecular flexibility index (Phi) is 4.38. The van der Waals surface area contributed by atoms with Gasteiger partial charge in [-0.15, -0.1) is 0 Å². The molecule has 27 heavy (non-hydrogen) atoms. The van der Waals surface area contributed by atoms with Crippen molar-refractivity contribution in [3.8, 4) is 0 Å². The Morgan fingerprint density at radius 3 is 2.59 bits per heavy atom. The molecule has 0 fully saturated rings. The standard InChI is InChI=1S/C21H19N5O/c1-15-19(16(2)25(24-15)13-17-8-4-3-5-9-17)12-23-26-14-22-20-11-7-6-10-18(20)21(26)27/h3-12,14H,13H2,1-2H3/b23-12-. The van der Waals surface area contributed by atoms with Crippen LogP contribution in [0.1, 0.15) is 22.5 Å². The minimum absolute atomic E-state index is 0.191. The maximum Gasteiger partial charge on any atom is 0.281 e. The Morgan fingerprint density at radius 1 is 1.04 bits per heavy atom. The summed E-state index contributed by atoms with van der Waals surface area (Å²) in [6.45, 7) is 4.64. The average molecular weight is 357 g/mol. The molecule has 0 bridgehead atoms.